The Bertz CT molecular complexity index is 1090. The standard InChI is InChI=1S/C22H21NO5/c1-26-19-10-9-15(14-6-3-4-7-16(14)19)17-8-5-11-23(17)22(25)20-12-18(24)21(27-2)13-28-20/h3-4,6-7,9-10,12-13,17H,5,8,11H2,1-2H3/t17-/m1/s1. The van der Waals surface area contributed by atoms with Crippen molar-refractivity contribution in [1.29, 1.82) is 0 Å². The molecule has 6 heteroatoms. The van der Waals surface area contributed by atoms with Gasteiger partial charge in [0, 0.05) is 18.0 Å². The first kappa shape index (κ1) is 18.1. The molecule has 0 saturated carbocycles. The topological polar surface area (TPSA) is 69.0 Å². The molecule has 1 fully saturated rings. The molecule has 0 aliphatic carbocycles. The number of hydrogen-bond acceptors (Lipinski definition) is 5. The zero-order valence-corrected chi connectivity index (χ0v) is 15.8. The molecule has 1 amide bonds. The molecule has 1 aliphatic rings. The second kappa shape index (κ2) is 7.38. The summed E-state index contributed by atoms with van der Waals surface area (Å²) in [5, 5.41) is 2.07. The van der Waals surface area contributed by atoms with Crippen LogP contribution in [0, 0.1) is 0 Å². The number of ether oxygens (including phenoxy) is 2. The van der Waals surface area contributed by atoms with Crippen molar-refractivity contribution in [3.63, 3.8) is 0 Å². The zero-order chi connectivity index (χ0) is 19.7. The maximum absolute atomic E-state index is 13.1. The van der Waals surface area contributed by atoms with Crippen LogP contribution in [-0.2, 0) is 0 Å². The van der Waals surface area contributed by atoms with Crippen LogP contribution in [0.3, 0.4) is 0 Å². The highest BCUT2D eigenvalue weighted by Gasteiger charge is 2.33. The Balaban J connectivity index is 1.73. The molecule has 1 saturated heterocycles. The quantitative estimate of drug-likeness (QED) is 0.690. The molecule has 4 rings (SSSR count). The smallest absolute Gasteiger partial charge is 0.290 e. The highest BCUT2D eigenvalue weighted by Crippen LogP contribution is 2.39. The van der Waals surface area contributed by atoms with E-state index in [1.807, 2.05) is 36.4 Å². The SMILES string of the molecule is COc1coc(C(=O)N2CCC[C@@H]2c2ccc(OC)c3ccccc23)cc1=O. The summed E-state index contributed by atoms with van der Waals surface area (Å²) >= 11 is 0. The van der Waals surface area contributed by atoms with Crippen molar-refractivity contribution in [1.82, 2.24) is 4.90 Å². The largest absolute Gasteiger partial charge is 0.496 e. The van der Waals surface area contributed by atoms with Gasteiger partial charge in [0.25, 0.3) is 5.91 Å². The molecule has 1 aliphatic heterocycles. The number of carbonyl (C=O) groups is 1. The number of benzene rings is 2. The highest BCUT2D eigenvalue weighted by molar-refractivity contribution is 5.94. The van der Waals surface area contributed by atoms with Gasteiger partial charge in [0.1, 0.15) is 12.0 Å². The lowest BCUT2D eigenvalue weighted by Crippen LogP contribution is -2.31. The van der Waals surface area contributed by atoms with E-state index in [0.717, 1.165) is 34.9 Å². The predicted octanol–water partition coefficient (Wildman–Crippen LogP) is 3.79. The lowest BCUT2D eigenvalue weighted by molar-refractivity contribution is 0.0700. The number of methoxy groups -OCH3 is 2. The molecule has 28 heavy (non-hydrogen) atoms. The molecule has 2 aromatic carbocycles. The minimum atomic E-state index is -0.372. The van der Waals surface area contributed by atoms with Gasteiger partial charge >= 0.3 is 0 Å². The number of fused-ring (bicyclic) bond motifs is 1. The van der Waals surface area contributed by atoms with Crippen molar-refractivity contribution in [3.8, 4) is 11.5 Å². The molecule has 1 aromatic heterocycles. The Morgan fingerprint density at radius 1 is 1.07 bits per heavy atom. The molecule has 0 bridgehead atoms. The normalized spacial score (nSPS) is 16.4. The second-order valence-corrected chi connectivity index (χ2v) is 6.74. The first-order valence-corrected chi connectivity index (χ1v) is 9.17. The number of rotatable bonds is 4. The number of amides is 1. The summed E-state index contributed by atoms with van der Waals surface area (Å²) in [5.41, 5.74) is 0.695. The van der Waals surface area contributed by atoms with Crippen molar-refractivity contribution < 1.29 is 18.7 Å². The molecule has 3 aromatic rings. The molecule has 144 valence electrons. The lowest BCUT2D eigenvalue weighted by Gasteiger charge is -2.26. The van der Waals surface area contributed by atoms with Crippen LogP contribution in [0.25, 0.3) is 10.8 Å². The highest BCUT2D eigenvalue weighted by atomic mass is 16.5. The molecule has 6 nitrogen and oxygen atoms in total. The van der Waals surface area contributed by atoms with E-state index in [9.17, 15) is 9.59 Å². The van der Waals surface area contributed by atoms with Crippen LogP contribution in [0.1, 0.15) is 35.0 Å². The molecular weight excluding hydrogens is 358 g/mol. The average molecular weight is 379 g/mol. The maximum Gasteiger partial charge on any atom is 0.290 e. The van der Waals surface area contributed by atoms with Crippen LogP contribution in [0.2, 0.25) is 0 Å². The summed E-state index contributed by atoms with van der Waals surface area (Å²) in [7, 11) is 3.04. The van der Waals surface area contributed by atoms with E-state index in [1.54, 1.807) is 12.0 Å². The minimum absolute atomic E-state index is 0.0236. The molecule has 0 unspecified atom stereocenters. The predicted molar refractivity (Wildman–Crippen MR) is 105 cm³/mol. The molecule has 0 N–H and O–H groups in total. The third-order valence-corrected chi connectivity index (χ3v) is 5.24. The molecule has 0 radical (unpaired) electrons. The fourth-order valence-electron chi connectivity index (χ4n) is 3.90. The van der Waals surface area contributed by atoms with Gasteiger partial charge in [0.15, 0.2) is 5.76 Å². The van der Waals surface area contributed by atoms with Gasteiger partial charge in [-0.15, -0.1) is 0 Å². The summed E-state index contributed by atoms with van der Waals surface area (Å²) in [6, 6.07) is 13.1. The second-order valence-electron chi connectivity index (χ2n) is 6.74. The Morgan fingerprint density at radius 2 is 1.82 bits per heavy atom. The number of hydrogen-bond donors (Lipinski definition) is 0. The van der Waals surface area contributed by atoms with Crippen LogP contribution in [0.4, 0.5) is 0 Å². The Labute approximate surface area is 162 Å². The van der Waals surface area contributed by atoms with Gasteiger partial charge in [-0.25, -0.2) is 0 Å². The maximum atomic E-state index is 13.1. The Kier molecular flexibility index (Phi) is 4.77. The van der Waals surface area contributed by atoms with E-state index >= 15 is 0 Å². The summed E-state index contributed by atoms with van der Waals surface area (Å²) in [4.78, 5) is 26.9. The van der Waals surface area contributed by atoms with E-state index in [0.29, 0.717) is 6.54 Å². The number of nitrogens with zero attached hydrogens (tertiary/aromatic N) is 1. The molecular formula is C22H21NO5. The summed E-state index contributed by atoms with van der Waals surface area (Å²) in [5.74, 6) is 0.615. The van der Waals surface area contributed by atoms with Crippen molar-refractivity contribution in [2.45, 2.75) is 18.9 Å². The van der Waals surface area contributed by atoms with E-state index < -0.39 is 0 Å². The molecule has 1 atom stereocenters. The van der Waals surface area contributed by atoms with Gasteiger partial charge in [-0.05, 0) is 29.9 Å². The van der Waals surface area contributed by atoms with Crippen molar-refractivity contribution in [2.24, 2.45) is 0 Å². The fourth-order valence-corrected chi connectivity index (χ4v) is 3.90. The van der Waals surface area contributed by atoms with Gasteiger partial charge in [-0.2, -0.15) is 0 Å². The van der Waals surface area contributed by atoms with Crippen LogP contribution >= 0.6 is 0 Å². The first-order valence-electron chi connectivity index (χ1n) is 9.17. The van der Waals surface area contributed by atoms with Gasteiger partial charge < -0.3 is 18.8 Å². The molecule has 0 spiro atoms. The third-order valence-electron chi connectivity index (χ3n) is 5.24. The van der Waals surface area contributed by atoms with E-state index in [1.165, 1.54) is 19.4 Å². The number of carbonyl (C=O) groups excluding carboxylic acids is 1. The van der Waals surface area contributed by atoms with Crippen molar-refractivity contribution in [3.05, 3.63) is 70.3 Å². The van der Waals surface area contributed by atoms with E-state index in [4.69, 9.17) is 13.9 Å². The average Bonchev–Trinajstić information content (AvgIpc) is 3.21. The van der Waals surface area contributed by atoms with Gasteiger partial charge in [0.2, 0.25) is 11.2 Å². The monoisotopic (exact) mass is 379 g/mol. The minimum Gasteiger partial charge on any atom is -0.496 e. The van der Waals surface area contributed by atoms with Crippen LogP contribution in [0.15, 0.2) is 57.9 Å². The van der Waals surface area contributed by atoms with Crippen LogP contribution in [-0.4, -0.2) is 31.6 Å². The first-order chi connectivity index (χ1) is 13.6. The summed E-state index contributed by atoms with van der Waals surface area (Å²) in [6.45, 7) is 0.611. The zero-order valence-electron chi connectivity index (χ0n) is 15.8. The van der Waals surface area contributed by atoms with Gasteiger partial charge in [-0.1, -0.05) is 30.3 Å². The fraction of sp³-hybridized carbons (Fsp3) is 0.273. The summed E-state index contributed by atoms with van der Waals surface area (Å²) < 4.78 is 15.8. The number of likely N-dealkylation sites (tertiary alicyclic amines) is 1. The van der Waals surface area contributed by atoms with Crippen LogP contribution < -0.4 is 14.9 Å². The molecule has 2 heterocycles. The van der Waals surface area contributed by atoms with E-state index in [-0.39, 0.29) is 28.9 Å². The van der Waals surface area contributed by atoms with E-state index in [2.05, 4.69) is 0 Å². The van der Waals surface area contributed by atoms with Crippen LogP contribution in [0.5, 0.6) is 11.5 Å². The lowest BCUT2D eigenvalue weighted by atomic mass is 9.96. The Hall–Kier alpha value is -3.28. The summed E-state index contributed by atoms with van der Waals surface area (Å²) in [6.07, 6.45) is 2.92. The van der Waals surface area contributed by atoms with Crippen molar-refractivity contribution in [2.75, 3.05) is 20.8 Å². The van der Waals surface area contributed by atoms with Crippen molar-refractivity contribution >= 4 is 16.7 Å². The third kappa shape index (κ3) is 3.01. The Morgan fingerprint density at radius 3 is 2.54 bits per heavy atom. The van der Waals surface area contributed by atoms with Gasteiger partial charge in [-0.3, -0.25) is 9.59 Å². The van der Waals surface area contributed by atoms with Gasteiger partial charge in [0.05, 0.1) is 20.3 Å².